The third kappa shape index (κ3) is 4.52. The quantitative estimate of drug-likeness (QED) is 0.791. The second kappa shape index (κ2) is 7.89. The number of rotatable bonds is 7. The first-order valence-electron chi connectivity index (χ1n) is 8.36. The van der Waals surface area contributed by atoms with Gasteiger partial charge in [0, 0.05) is 27.2 Å². The van der Waals surface area contributed by atoms with Crippen LogP contribution in [0, 0.1) is 13.8 Å². The summed E-state index contributed by atoms with van der Waals surface area (Å²) >= 11 is 0. The van der Waals surface area contributed by atoms with E-state index in [9.17, 15) is 8.42 Å². The fourth-order valence-electron chi connectivity index (χ4n) is 2.57. The first-order chi connectivity index (χ1) is 11.8. The average molecular weight is 362 g/mol. The van der Waals surface area contributed by atoms with E-state index in [0.717, 1.165) is 17.9 Å². The van der Waals surface area contributed by atoms with Crippen LogP contribution in [0.25, 0.3) is 0 Å². The highest BCUT2D eigenvalue weighted by atomic mass is 32.2. The fourth-order valence-corrected chi connectivity index (χ4v) is 3.50. The Hall–Kier alpha value is -2.05. The maximum Gasteiger partial charge on any atom is 0.242 e. The van der Waals surface area contributed by atoms with Crippen LogP contribution in [0.4, 0.5) is 11.4 Å². The molecule has 0 aliphatic heterocycles. The third-order valence-corrected chi connectivity index (χ3v) is 5.92. The van der Waals surface area contributed by atoms with Gasteiger partial charge >= 0.3 is 0 Å². The second-order valence-electron chi connectivity index (χ2n) is 6.31. The Morgan fingerprint density at radius 3 is 2.32 bits per heavy atom. The maximum atomic E-state index is 12.4. The predicted molar refractivity (Wildman–Crippen MR) is 105 cm³/mol. The van der Waals surface area contributed by atoms with Gasteiger partial charge in [0.1, 0.15) is 0 Å². The van der Waals surface area contributed by atoms with Crippen molar-refractivity contribution in [2.24, 2.45) is 0 Å². The van der Waals surface area contributed by atoms with E-state index >= 15 is 0 Å². The van der Waals surface area contributed by atoms with Crippen LogP contribution < -0.4 is 10.6 Å². The number of sulfonamides is 1. The van der Waals surface area contributed by atoms with E-state index in [2.05, 4.69) is 42.7 Å². The number of benzene rings is 2. The molecule has 6 heteroatoms. The minimum atomic E-state index is -3.46. The van der Waals surface area contributed by atoms with Gasteiger partial charge in [-0.1, -0.05) is 23.8 Å². The molecule has 2 aromatic carbocycles. The number of aryl methyl sites for hydroxylation is 2. The van der Waals surface area contributed by atoms with Gasteiger partial charge in [0.15, 0.2) is 0 Å². The van der Waals surface area contributed by atoms with Gasteiger partial charge < -0.3 is 10.6 Å². The van der Waals surface area contributed by atoms with E-state index in [1.165, 1.54) is 35.1 Å². The van der Waals surface area contributed by atoms with Crippen molar-refractivity contribution in [3.8, 4) is 0 Å². The number of hydrogen-bond acceptors (Lipinski definition) is 4. The molecule has 25 heavy (non-hydrogen) atoms. The van der Waals surface area contributed by atoms with Gasteiger partial charge in [0.2, 0.25) is 10.0 Å². The largest absolute Gasteiger partial charge is 0.384 e. The minimum absolute atomic E-state index is 0.280. The molecule has 0 heterocycles. The lowest BCUT2D eigenvalue weighted by Gasteiger charge is -2.17. The molecule has 2 aromatic rings. The van der Waals surface area contributed by atoms with Crippen LogP contribution in [0.5, 0.6) is 0 Å². The number of nitrogens with one attached hydrogen (secondary N) is 2. The Labute approximate surface area is 151 Å². The zero-order chi connectivity index (χ0) is 18.6. The highest BCUT2D eigenvalue weighted by Gasteiger charge is 2.18. The molecule has 0 aliphatic carbocycles. The third-order valence-electron chi connectivity index (χ3n) is 4.11. The summed E-state index contributed by atoms with van der Waals surface area (Å²) in [5, 5.41) is 6.66. The zero-order valence-corrected chi connectivity index (χ0v) is 16.4. The van der Waals surface area contributed by atoms with E-state index in [4.69, 9.17) is 0 Å². The van der Waals surface area contributed by atoms with Crippen molar-refractivity contribution < 1.29 is 8.42 Å². The topological polar surface area (TPSA) is 61.4 Å². The summed E-state index contributed by atoms with van der Waals surface area (Å²) < 4.78 is 26.0. The molecule has 0 saturated carbocycles. The van der Waals surface area contributed by atoms with E-state index < -0.39 is 10.0 Å². The summed E-state index contributed by atoms with van der Waals surface area (Å²) in [6, 6.07) is 11.5. The predicted octanol–water partition coefficient (Wildman–Crippen LogP) is 3.60. The molecule has 0 unspecified atom stereocenters. The second-order valence-corrected chi connectivity index (χ2v) is 8.46. The highest BCUT2D eigenvalue weighted by Crippen LogP contribution is 2.27. The smallest absolute Gasteiger partial charge is 0.242 e. The molecule has 0 spiro atoms. The lowest BCUT2D eigenvalue weighted by molar-refractivity contribution is 0.521. The Morgan fingerprint density at radius 1 is 0.960 bits per heavy atom. The Kier molecular flexibility index (Phi) is 6.08. The number of nitrogens with zero attached hydrogens (tertiary/aromatic N) is 1. The molecule has 5 nitrogen and oxygen atoms in total. The minimum Gasteiger partial charge on any atom is -0.384 e. The summed E-state index contributed by atoms with van der Waals surface area (Å²) in [5.41, 5.74) is 5.29. The Morgan fingerprint density at radius 2 is 1.68 bits per heavy atom. The summed E-state index contributed by atoms with van der Waals surface area (Å²) in [7, 11) is -0.386. The van der Waals surface area contributed by atoms with Crippen LogP contribution in [-0.4, -0.2) is 33.4 Å². The molecule has 136 valence electrons. The molecule has 0 fully saturated rings. The van der Waals surface area contributed by atoms with E-state index in [1.807, 2.05) is 13.0 Å². The van der Waals surface area contributed by atoms with Crippen LogP contribution in [0.15, 0.2) is 41.3 Å². The first kappa shape index (κ1) is 19.3. The molecule has 0 amide bonds. The van der Waals surface area contributed by atoms with Crippen molar-refractivity contribution >= 4 is 21.4 Å². The van der Waals surface area contributed by atoms with E-state index in [0.29, 0.717) is 6.54 Å². The van der Waals surface area contributed by atoms with Gasteiger partial charge in [-0.05, 0) is 50.1 Å². The van der Waals surface area contributed by atoms with Crippen molar-refractivity contribution in [3.05, 3.63) is 53.1 Å². The van der Waals surface area contributed by atoms with Crippen LogP contribution >= 0.6 is 0 Å². The van der Waals surface area contributed by atoms with Gasteiger partial charge in [0.25, 0.3) is 0 Å². The molecule has 0 aliphatic rings. The molecule has 0 atom stereocenters. The van der Waals surface area contributed by atoms with Gasteiger partial charge in [-0.2, -0.15) is 0 Å². The van der Waals surface area contributed by atoms with Crippen LogP contribution in [0.2, 0.25) is 0 Å². The lowest BCUT2D eigenvalue weighted by Crippen LogP contribution is -2.22. The molecule has 2 N–H and O–H groups in total. The number of hydrogen-bond donors (Lipinski definition) is 2. The Balaban J connectivity index is 2.35. The molecule has 2 rings (SSSR count). The van der Waals surface area contributed by atoms with E-state index in [-0.39, 0.29) is 4.90 Å². The number of anilines is 2. The van der Waals surface area contributed by atoms with Gasteiger partial charge in [-0.15, -0.1) is 0 Å². The lowest BCUT2D eigenvalue weighted by atomic mass is 10.1. The van der Waals surface area contributed by atoms with Crippen molar-refractivity contribution in [1.82, 2.24) is 4.31 Å². The summed E-state index contributed by atoms with van der Waals surface area (Å²) in [6.45, 7) is 7.56. The molecular weight excluding hydrogens is 334 g/mol. The van der Waals surface area contributed by atoms with Crippen LogP contribution in [0.1, 0.15) is 23.6 Å². The van der Waals surface area contributed by atoms with Crippen molar-refractivity contribution in [1.29, 1.82) is 0 Å². The van der Waals surface area contributed by atoms with Gasteiger partial charge in [0.05, 0.1) is 16.3 Å². The molecule has 0 radical (unpaired) electrons. The molecule has 0 bridgehead atoms. The summed E-state index contributed by atoms with van der Waals surface area (Å²) in [4.78, 5) is 0.280. The van der Waals surface area contributed by atoms with Crippen LogP contribution in [0.3, 0.4) is 0 Å². The maximum absolute atomic E-state index is 12.4. The Bertz CT molecular complexity index is 846. The van der Waals surface area contributed by atoms with Crippen molar-refractivity contribution in [2.45, 2.75) is 32.2 Å². The summed E-state index contributed by atoms with van der Waals surface area (Å²) in [6.07, 6.45) is 0. The fraction of sp³-hybridized carbons (Fsp3) is 0.368. The molecule has 0 aromatic heterocycles. The van der Waals surface area contributed by atoms with Crippen molar-refractivity contribution in [3.63, 3.8) is 0 Å². The zero-order valence-electron chi connectivity index (χ0n) is 15.6. The standard InChI is InChI=1S/C19H27N3O2S/c1-6-20-18-10-9-17(25(23,24)22(4)5)12-19(18)21-13-16-11-14(2)7-8-15(16)3/h7-12,20-21H,6,13H2,1-5H3. The van der Waals surface area contributed by atoms with Crippen LogP contribution in [-0.2, 0) is 16.6 Å². The molecular formula is C19H27N3O2S. The summed E-state index contributed by atoms with van der Waals surface area (Å²) in [5.74, 6) is 0. The van der Waals surface area contributed by atoms with Crippen molar-refractivity contribution in [2.75, 3.05) is 31.3 Å². The highest BCUT2D eigenvalue weighted by molar-refractivity contribution is 7.89. The van der Waals surface area contributed by atoms with Gasteiger partial charge in [-0.25, -0.2) is 12.7 Å². The van der Waals surface area contributed by atoms with Gasteiger partial charge in [-0.3, -0.25) is 0 Å². The monoisotopic (exact) mass is 361 g/mol. The normalized spacial score (nSPS) is 11.6. The van der Waals surface area contributed by atoms with E-state index in [1.54, 1.807) is 12.1 Å². The average Bonchev–Trinajstić information content (AvgIpc) is 2.56. The SMILES string of the molecule is CCNc1ccc(S(=O)(=O)N(C)C)cc1NCc1cc(C)ccc1C. The molecule has 0 saturated heterocycles. The first-order valence-corrected chi connectivity index (χ1v) is 9.80.